The number of aromatic nitrogens is 2. The third kappa shape index (κ3) is 6.69. The Morgan fingerprint density at radius 3 is 2.67 bits per heavy atom. The Labute approximate surface area is 235 Å². The SMILES string of the molecule is COc1ccc(C2CCC(C(NC(=O)C3CCCCC3)c3cccc(C#Cc4ncns4)c3)CC2O)cc1C. The first-order chi connectivity index (χ1) is 19.0. The molecular weight excluding hydrogens is 506 g/mol. The van der Waals surface area contributed by atoms with Crippen LogP contribution in [0.1, 0.15) is 90.6 Å². The average molecular weight is 544 g/mol. The number of aliphatic hydroxyl groups excluding tert-OH is 1. The van der Waals surface area contributed by atoms with Gasteiger partial charge >= 0.3 is 0 Å². The van der Waals surface area contributed by atoms with E-state index < -0.39 is 6.10 Å². The van der Waals surface area contributed by atoms with Gasteiger partial charge in [-0.3, -0.25) is 4.79 Å². The molecule has 204 valence electrons. The molecule has 2 aromatic carbocycles. The number of nitrogens with one attached hydrogen (secondary N) is 1. The minimum atomic E-state index is -0.481. The quantitative estimate of drug-likeness (QED) is 0.376. The predicted molar refractivity (Wildman–Crippen MR) is 154 cm³/mol. The van der Waals surface area contributed by atoms with Crippen LogP contribution in [0.15, 0.2) is 48.8 Å². The Kier molecular flexibility index (Phi) is 8.95. The van der Waals surface area contributed by atoms with Crippen LogP contribution in [0.4, 0.5) is 0 Å². The largest absolute Gasteiger partial charge is 0.496 e. The van der Waals surface area contributed by atoms with Crippen molar-refractivity contribution >= 4 is 17.4 Å². The molecule has 2 fully saturated rings. The number of carbonyl (C=O) groups is 1. The van der Waals surface area contributed by atoms with Gasteiger partial charge in [0.2, 0.25) is 5.91 Å². The molecule has 3 aromatic rings. The summed E-state index contributed by atoms with van der Waals surface area (Å²) in [6.07, 6.45) is 8.80. The number of hydrogen-bond acceptors (Lipinski definition) is 6. The summed E-state index contributed by atoms with van der Waals surface area (Å²) in [6.45, 7) is 2.04. The molecule has 1 aromatic heterocycles. The van der Waals surface area contributed by atoms with Crippen molar-refractivity contribution < 1.29 is 14.6 Å². The fourth-order valence-corrected chi connectivity index (χ4v) is 6.66. The zero-order valence-corrected chi connectivity index (χ0v) is 23.5. The van der Waals surface area contributed by atoms with E-state index in [2.05, 4.69) is 50.8 Å². The minimum Gasteiger partial charge on any atom is -0.496 e. The fraction of sp³-hybridized carbons (Fsp3) is 0.469. The van der Waals surface area contributed by atoms with E-state index in [4.69, 9.17) is 4.74 Å². The molecule has 2 aliphatic carbocycles. The Balaban J connectivity index is 1.37. The summed E-state index contributed by atoms with van der Waals surface area (Å²) in [5.74, 6) is 7.57. The molecule has 7 heteroatoms. The van der Waals surface area contributed by atoms with Crippen LogP contribution in [0.3, 0.4) is 0 Å². The van der Waals surface area contributed by atoms with Crippen molar-refractivity contribution in [3.63, 3.8) is 0 Å². The molecule has 2 aliphatic rings. The van der Waals surface area contributed by atoms with E-state index in [-0.39, 0.29) is 29.7 Å². The number of nitrogens with zero attached hydrogens (tertiary/aromatic N) is 2. The molecule has 0 aliphatic heterocycles. The van der Waals surface area contributed by atoms with E-state index in [9.17, 15) is 9.90 Å². The van der Waals surface area contributed by atoms with Crippen molar-refractivity contribution in [2.24, 2.45) is 11.8 Å². The van der Waals surface area contributed by atoms with Crippen molar-refractivity contribution in [3.05, 3.63) is 76.1 Å². The Morgan fingerprint density at radius 2 is 1.95 bits per heavy atom. The number of aryl methyl sites for hydroxylation is 1. The van der Waals surface area contributed by atoms with Crippen LogP contribution in [-0.2, 0) is 4.79 Å². The maximum absolute atomic E-state index is 13.4. The first-order valence-electron chi connectivity index (χ1n) is 14.0. The molecule has 0 radical (unpaired) electrons. The molecular formula is C32H37N3O3S. The van der Waals surface area contributed by atoms with Gasteiger partial charge in [-0.05, 0) is 97.3 Å². The molecule has 39 heavy (non-hydrogen) atoms. The van der Waals surface area contributed by atoms with Gasteiger partial charge in [0.25, 0.3) is 0 Å². The lowest BCUT2D eigenvalue weighted by atomic mass is 9.72. The van der Waals surface area contributed by atoms with Gasteiger partial charge in [0.1, 0.15) is 12.1 Å². The molecule has 4 atom stereocenters. The average Bonchev–Trinajstić information content (AvgIpc) is 3.49. The normalized spacial score (nSPS) is 22.4. The van der Waals surface area contributed by atoms with Gasteiger partial charge in [0.05, 0.1) is 19.3 Å². The van der Waals surface area contributed by atoms with Crippen LogP contribution in [0.5, 0.6) is 5.75 Å². The highest BCUT2D eigenvalue weighted by Crippen LogP contribution is 2.42. The Morgan fingerprint density at radius 1 is 1.10 bits per heavy atom. The first kappa shape index (κ1) is 27.4. The molecule has 5 rings (SSSR count). The fourth-order valence-electron chi connectivity index (χ4n) is 6.28. The standard InChI is InChI=1S/C32H37N3O3S/c1-21-17-24(13-15-29(21)38-2)27-14-12-26(19-28(27)36)31(35-32(37)23-8-4-3-5-9-23)25-10-6-7-22(18-25)11-16-30-33-20-34-39-30/h6-7,10,13,15,17-18,20,23,26-28,31,36H,3-5,8-9,12,14,19H2,1-2H3,(H,35,37). The zero-order chi connectivity index (χ0) is 27.2. The van der Waals surface area contributed by atoms with E-state index in [1.165, 1.54) is 24.3 Å². The second kappa shape index (κ2) is 12.8. The van der Waals surface area contributed by atoms with Crippen molar-refractivity contribution in [3.8, 4) is 17.6 Å². The van der Waals surface area contributed by atoms with E-state index in [1.54, 1.807) is 7.11 Å². The summed E-state index contributed by atoms with van der Waals surface area (Å²) >= 11 is 1.27. The second-order valence-corrected chi connectivity index (χ2v) is 11.7. The summed E-state index contributed by atoms with van der Waals surface area (Å²) in [5.41, 5.74) is 4.14. The maximum atomic E-state index is 13.4. The summed E-state index contributed by atoms with van der Waals surface area (Å²) < 4.78 is 9.45. The van der Waals surface area contributed by atoms with E-state index in [0.29, 0.717) is 11.4 Å². The molecule has 0 saturated heterocycles. The summed E-state index contributed by atoms with van der Waals surface area (Å²) in [6, 6.07) is 14.2. The van der Waals surface area contributed by atoms with E-state index >= 15 is 0 Å². The molecule has 0 spiro atoms. The van der Waals surface area contributed by atoms with E-state index in [0.717, 1.165) is 66.5 Å². The maximum Gasteiger partial charge on any atom is 0.223 e. The molecule has 1 heterocycles. The number of ether oxygens (including phenoxy) is 1. The van der Waals surface area contributed by atoms with Crippen LogP contribution in [0.25, 0.3) is 0 Å². The monoisotopic (exact) mass is 543 g/mol. The Bertz CT molecular complexity index is 1320. The van der Waals surface area contributed by atoms with Gasteiger partial charge in [-0.2, -0.15) is 4.37 Å². The van der Waals surface area contributed by atoms with Gasteiger partial charge in [-0.25, -0.2) is 4.98 Å². The predicted octanol–water partition coefficient (Wildman–Crippen LogP) is 5.94. The van der Waals surface area contributed by atoms with Gasteiger partial charge in [0, 0.05) is 17.4 Å². The second-order valence-electron chi connectivity index (χ2n) is 10.9. The summed E-state index contributed by atoms with van der Waals surface area (Å²) in [7, 11) is 1.68. The highest BCUT2D eigenvalue weighted by atomic mass is 32.1. The molecule has 6 nitrogen and oxygen atoms in total. The lowest BCUT2D eigenvalue weighted by Gasteiger charge is -2.38. The van der Waals surface area contributed by atoms with Crippen LogP contribution < -0.4 is 10.1 Å². The van der Waals surface area contributed by atoms with E-state index in [1.807, 2.05) is 25.1 Å². The van der Waals surface area contributed by atoms with Crippen LogP contribution in [0, 0.1) is 30.6 Å². The summed E-state index contributed by atoms with van der Waals surface area (Å²) in [4.78, 5) is 17.6. The number of rotatable bonds is 6. The van der Waals surface area contributed by atoms with Gasteiger partial charge in [0.15, 0.2) is 5.01 Å². The molecule has 2 N–H and O–H groups in total. The minimum absolute atomic E-state index is 0.0738. The van der Waals surface area contributed by atoms with Crippen LogP contribution >= 0.6 is 11.5 Å². The molecule has 1 amide bonds. The topological polar surface area (TPSA) is 84.3 Å². The van der Waals surface area contributed by atoms with Crippen molar-refractivity contribution in [1.29, 1.82) is 0 Å². The van der Waals surface area contributed by atoms with Crippen molar-refractivity contribution in [1.82, 2.24) is 14.7 Å². The van der Waals surface area contributed by atoms with Crippen molar-refractivity contribution in [2.45, 2.75) is 76.4 Å². The van der Waals surface area contributed by atoms with Crippen LogP contribution in [-0.4, -0.2) is 33.6 Å². The number of benzene rings is 2. The number of methoxy groups -OCH3 is 1. The smallest absolute Gasteiger partial charge is 0.223 e. The zero-order valence-electron chi connectivity index (χ0n) is 22.7. The van der Waals surface area contributed by atoms with Gasteiger partial charge < -0.3 is 15.2 Å². The van der Waals surface area contributed by atoms with Crippen molar-refractivity contribution in [2.75, 3.05) is 7.11 Å². The third-order valence-corrected chi connectivity index (χ3v) is 8.95. The third-order valence-electron chi connectivity index (χ3n) is 8.37. The lowest BCUT2D eigenvalue weighted by molar-refractivity contribution is -0.127. The van der Waals surface area contributed by atoms with Gasteiger partial charge in [-0.15, -0.1) is 0 Å². The highest BCUT2D eigenvalue weighted by Gasteiger charge is 2.36. The van der Waals surface area contributed by atoms with Crippen LogP contribution in [0.2, 0.25) is 0 Å². The molecule has 4 unspecified atom stereocenters. The number of carbonyl (C=O) groups excluding carboxylic acids is 1. The number of aliphatic hydroxyl groups is 1. The van der Waals surface area contributed by atoms with Gasteiger partial charge in [-0.1, -0.05) is 49.4 Å². The molecule has 0 bridgehead atoms. The lowest BCUT2D eigenvalue weighted by Crippen LogP contribution is -2.41. The number of hydrogen-bond donors (Lipinski definition) is 2. The Hall–Kier alpha value is -3.21. The highest BCUT2D eigenvalue weighted by molar-refractivity contribution is 7.05. The first-order valence-corrected chi connectivity index (χ1v) is 14.8. The summed E-state index contributed by atoms with van der Waals surface area (Å²) in [5, 5.41) is 15.5. The molecule has 2 saturated carbocycles. The number of amides is 1.